The standard InChI is InChI=1S/C9H7N3O/c1-10-9-7-3-2-6(13)4-8(7)11-5-12-9/h2-5,13H,1H2. The Kier molecular flexibility index (Phi) is 1.66. The zero-order chi connectivity index (χ0) is 9.26. The number of fused-ring (bicyclic) bond motifs is 1. The quantitative estimate of drug-likeness (QED) is 0.667. The third-order valence-electron chi connectivity index (χ3n) is 1.75. The molecule has 4 nitrogen and oxygen atoms in total. The number of phenolic OH excluding ortho intramolecular Hbond substituents is 1. The van der Waals surface area contributed by atoms with Crippen molar-refractivity contribution >= 4 is 23.4 Å². The highest BCUT2D eigenvalue weighted by molar-refractivity contribution is 5.88. The fraction of sp³-hybridized carbons (Fsp3) is 0. The molecule has 0 saturated heterocycles. The van der Waals surface area contributed by atoms with Crippen molar-refractivity contribution in [2.45, 2.75) is 0 Å². The maximum Gasteiger partial charge on any atom is 0.162 e. The number of rotatable bonds is 1. The summed E-state index contributed by atoms with van der Waals surface area (Å²) in [6.45, 7) is 3.40. The van der Waals surface area contributed by atoms with Gasteiger partial charge in [-0.3, -0.25) is 0 Å². The predicted octanol–water partition coefficient (Wildman–Crippen LogP) is 1.67. The van der Waals surface area contributed by atoms with Crippen LogP contribution < -0.4 is 0 Å². The van der Waals surface area contributed by atoms with Crippen LogP contribution in [0.15, 0.2) is 29.5 Å². The summed E-state index contributed by atoms with van der Waals surface area (Å²) < 4.78 is 0. The summed E-state index contributed by atoms with van der Waals surface area (Å²) >= 11 is 0. The molecule has 0 saturated carbocycles. The van der Waals surface area contributed by atoms with Crippen molar-refractivity contribution in [3.05, 3.63) is 24.5 Å². The van der Waals surface area contributed by atoms with Crippen molar-refractivity contribution in [1.82, 2.24) is 9.97 Å². The van der Waals surface area contributed by atoms with E-state index in [0.29, 0.717) is 11.3 Å². The Bertz CT molecular complexity index is 467. The van der Waals surface area contributed by atoms with E-state index in [0.717, 1.165) is 5.39 Å². The zero-order valence-corrected chi connectivity index (χ0v) is 6.81. The van der Waals surface area contributed by atoms with Crippen LogP contribution in [0.25, 0.3) is 10.9 Å². The van der Waals surface area contributed by atoms with Gasteiger partial charge in [0.05, 0.1) is 5.52 Å². The van der Waals surface area contributed by atoms with Crippen LogP contribution >= 0.6 is 0 Å². The average Bonchev–Trinajstić information content (AvgIpc) is 2.16. The number of benzene rings is 1. The van der Waals surface area contributed by atoms with E-state index in [1.165, 1.54) is 6.33 Å². The van der Waals surface area contributed by atoms with Gasteiger partial charge in [0.15, 0.2) is 5.82 Å². The average molecular weight is 173 g/mol. The normalized spacial score (nSPS) is 10.2. The van der Waals surface area contributed by atoms with Crippen LogP contribution in [0.1, 0.15) is 0 Å². The largest absolute Gasteiger partial charge is 0.508 e. The van der Waals surface area contributed by atoms with Crippen molar-refractivity contribution in [3.8, 4) is 5.75 Å². The predicted molar refractivity (Wildman–Crippen MR) is 50.4 cm³/mol. The van der Waals surface area contributed by atoms with Crippen LogP contribution in [-0.4, -0.2) is 21.8 Å². The number of nitrogens with zero attached hydrogens (tertiary/aromatic N) is 3. The molecule has 2 aromatic rings. The van der Waals surface area contributed by atoms with Gasteiger partial charge in [-0.1, -0.05) is 0 Å². The van der Waals surface area contributed by atoms with E-state index in [2.05, 4.69) is 21.7 Å². The molecule has 0 amide bonds. The van der Waals surface area contributed by atoms with Gasteiger partial charge < -0.3 is 5.11 Å². The van der Waals surface area contributed by atoms with E-state index in [1.807, 2.05) is 0 Å². The van der Waals surface area contributed by atoms with E-state index in [4.69, 9.17) is 0 Å². The lowest BCUT2D eigenvalue weighted by atomic mass is 10.2. The van der Waals surface area contributed by atoms with E-state index in [1.54, 1.807) is 18.2 Å². The summed E-state index contributed by atoms with van der Waals surface area (Å²) in [5.41, 5.74) is 0.664. The lowest BCUT2D eigenvalue weighted by Crippen LogP contribution is -1.82. The fourth-order valence-electron chi connectivity index (χ4n) is 1.16. The minimum absolute atomic E-state index is 0.182. The van der Waals surface area contributed by atoms with E-state index >= 15 is 0 Å². The molecule has 0 aliphatic heterocycles. The van der Waals surface area contributed by atoms with Gasteiger partial charge in [-0.15, -0.1) is 0 Å². The Morgan fingerprint density at radius 3 is 2.92 bits per heavy atom. The number of aromatic nitrogens is 2. The lowest BCUT2D eigenvalue weighted by molar-refractivity contribution is 0.476. The molecule has 1 heterocycles. The summed E-state index contributed by atoms with van der Waals surface area (Å²) in [7, 11) is 0. The van der Waals surface area contributed by atoms with Gasteiger partial charge in [0.25, 0.3) is 0 Å². The molecule has 0 bridgehead atoms. The first-order valence-corrected chi connectivity index (χ1v) is 3.72. The Hall–Kier alpha value is -1.97. The van der Waals surface area contributed by atoms with Gasteiger partial charge >= 0.3 is 0 Å². The van der Waals surface area contributed by atoms with E-state index in [-0.39, 0.29) is 5.75 Å². The second-order valence-corrected chi connectivity index (χ2v) is 2.56. The minimum Gasteiger partial charge on any atom is -0.508 e. The summed E-state index contributed by atoms with van der Waals surface area (Å²) in [5.74, 6) is 0.714. The molecule has 13 heavy (non-hydrogen) atoms. The molecule has 64 valence electrons. The Morgan fingerprint density at radius 1 is 1.31 bits per heavy atom. The number of hydrogen-bond acceptors (Lipinski definition) is 4. The summed E-state index contributed by atoms with van der Waals surface area (Å²) in [6.07, 6.45) is 1.39. The second kappa shape index (κ2) is 2.82. The maximum atomic E-state index is 9.19. The number of phenols is 1. The Morgan fingerprint density at radius 2 is 2.15 bits per heavy atom. The van der Waals surface area contributed by atoms with Gasteiger partial charge in [0, 0.05) is 11.5 Å². The highest BCUT2D eigenvalue weighted by Crippen LogP contribution is 2.23. The number of aromatic hydroxyl groups is 1. The molecule has 1 N–H and O–H groups in total. The summed E-state index contributed by atoms with van der Waals surface area (Å²) in [4.78, 5) is 11.7. The van der Waals surface area contributed by atoms with Gasteiger partial charge in [-0.05, 0) is 18.9 Å². The topological polar surface area (TPSA) is 58.4 Å². The molecule has 0 atom stereocenters. The molecule has 0 radical (unpaired) electrons. The molecule has 0 aliphatic carbocycles. The van der Waals surface area contributed by atoms with E-state index in [9.17, 15) is 5.11 Å². The molecule has 1 aromatic heterocycles. The summed E-state index contributed by atoms with van der Waals surface area (Å²) in [6, 6.07) is 4.85. The molecule has 0 fully saturated rings. The molecule has 2 rings (SSSR count). The zero-order valence-electron chi connectivity index (χ0n) is 6.81. The van der Waals surface area contributed by atoms with Crippen LogP contribution in [-0.2, 0) is 0 Å². The van der Waals surface area contributed by atoms with Crippen molar-refractivity contribution in [3.63, 3.8) is 0 Å². The van der Waals surface area contributed by atoms with Crippen LogP contribution in [0.5, 0.6) is 5.75 Å². The first-order valence-electron chi connectivity index (χ1n) is 3.72. The van der Waals surface area contributed by atoms with Gasteiger partial charge in [-0.25, -0.2) is 15.0 Å². The molecule has 0 unspecified atom stereocenters. The third kappa shape index (κ3) is 1.22. The second-order valence-electron chi connectivity index (χ2n) is 2.56. The number of aliphatic imine (C=N–C) groups is 1. The summed E-state index contributed by atoms with van der Waals surface area (Å²) in [5, 5.41) is 9.97. The Labute approximate surface area is 74.6 Å². The van der Waals surface area contributed by atoms with Crippen molar-refractivity contribution in [2.24, 2.45) is 4.99 Å². The van der Waals surface area contributed by atoms with Gasteiger partial charge in [0.1, 0.15) is 12.1 Å². The molecule has 4 heteroatoms. The third-order valence-corrected chi connectivity index (χ3v) is 1.75. The monoisotopic (exact) mass is 173 g/mol. The molecule has 0 aliphatic rings. The number of hydrogen-bond donors (Lipinski definition) is 1. The van der Waals surface area contributed by atoms with Crippen LogP contribution in [0.3, 0.4) is 0 Å². The van der Waals surface area contributed by atoms with Gasteiger partial charge in [-0.2, -0.15) is 0 Å². The SMILES string of the molecule is C=Nc1ncnc2cc(O)ccc12. The van der Waals surface area contributed by atoms with Crippen LogP contribution in [0.4, 0.5) is 5.82 Å². The minimum atomic E-state index is 0.182. The maximum absolute atomic E-state index is 9.19. The lowest BCUT2D eigenvalue weighted by Gasteiger charge is -1.99. The first kappa shape index (κ1) is 7.67. The Balaban J connectivity index is 2.84. The molecular weight excluding hydrogens is 166 g/mol. The first-order chi connectivity index (χ1) is 6.31. The van der Waals surface area contributed by atoms with Crippen LogP contribution in [0, 0.1) is 0 Å². The van der Waals surface area contributed by atoms with Gasteiger partial charge in [0.2, 0.25) is 0 Å². The smallest absolute Gasteiger partial charge is 0.162 e. The van der Waals surface area contributed by atoms with Crippen LogP contribution in [0.2, 0.25) is 0 Å². The highest BCUT2D eigenvalue weighted by Gasteiger charge is 2.01. The molecular formula is C9H7N3O. The van der Waals surface area contributed by atoms with E-state index < -0.39 is 0 Å². The fourth-order valence-corrected chi connectivity index (χ4v) is 1.16. The van der Waals surface area contributed by atoms with Crippen molar-refractivity contribution in [1.29, 1.82) is 0 Å². The van der Waals surface area contributed by atoms with Crippen molar-refractivity contribution < 1.29 is 5.11 Å². The van der Waals surface area contributed by atoms with Crippen molar-refractivity contribution in [2.75, 3.05) is 0 Å². The highest BCUT2D eigenvalue weighted by atomic mass is 16.3. The molecule has 0 spiro atoms. The molecule has 1 aromatic carbocycles.